The van der Waals surface area contributed by atoms with Gasteiger partial charge in [-0.2, -0.15) is 0 Å². The molecule has 0 aliphatic heterocycles. The summed E-state index contributed by atoms with van der Waals surface area (Å²) in [7, 11) is -6.98. The Hall–Kier alpha value is -2.46. The molecule has 2 heterocycles. The van der Waals surface area contributed by atoms with Crippen molar-refractivity contribution in [3.8, 4) is 0 Å². The molecule has 0 aliphatic carbocycles. The first-order valence-corrected chi connectivity index (χ1v) is 15.7. The van der Waals surface area contributed by atoms with Crippen molar-refractivity contribution in [3.05, 3.63) is 75.5 Å². The van der Waals surface area contributed by atoms with Gasteiger partial charge in [-0.25, -0.2) is 19.1 Å². The second-order valence-electron chi connectivity index (χ2n) is 7.74. The standard InChI is InChI=1S/2C12H17N2O4P.Ag.NO3/c2*1-3-16-19(15,17-4-2)18-9-12-13-10-7-5-6-8-11(10)14-12;;2-1(3)4/h2*5-8H,3-4,9H2,1-2H3,(H,13,14);;/q;;;-1. The molecule has 0 unspecified atom stereocenters. The first kappa shape index (κ1) is 38.6. The molecule has 0 bridgehead atoms. The second-order valence-corrected chi connectivity index (χ2v) is 11.1. The largest absolute Gasteiger partial charge is 0.475 e. The van der Waals surface area contributed by atoms with Gasteiger partial charge in [-0.3, -0.25) is 27.1 Å². The molecule has 43 heavy (non-hydrogen) atoms. The number of aromatic nitrogens is 4. The van der Waals surface area contributed by atoms with Crippen LogP contribution < -0.4 is 0 Å². The van der Waals surface area contributed by atoms with Gasteiger partial charge >= 0.3 is 15.6 Å². The van der Waals surface area contributed by atoms with Crippen LogP contribution in [0.2, 0.25) is 0 Å². The number of phosphoric acid groups is 2. The molecule has 4 aromatic rings. The van der Waals surface area contributed by atoms with Crippen molar-refractivity contribution in [2.45, 2.75) is 40.9 Å². The van der Waals surface area contributed by atoms with Crippen LogP contribution in [0, 0.1) is 15.3 Å². The van der Waals surface area contributed by atoms with Crippen LogP contribution in [0.5, 0.6) is 0 Å². The van der Waals surface area contributed by atoms with E-state index in [-0.39, 0.29) is 62.0 Å². The van der Waals surface area contributed by atoms with Crippen molar-refractivity contribution in [1.29, 1.82) is 0 Å². The maximum Gasteiger partial charge on any atom is 0.475 e. The number of benzene rings is 2. The minimum Gasteiger partial charge on any atom is -0.356 e. The van der Waals surface area contributed by atoms with Gasteiger partial charge in [0, 0.05) is 22.4 Å². The van der Waals surface area contributed by atoms with Crippen molar-refractivity contribution < 1.29 is 63.7 Å². The molecule has 2 aromatic heterocycles. The monoisotopic (exact) mass is 737 g/mol. The van der Waals surface area contributed by atoms with E-state index in [1.165, 1.54) is 0 Å². The summed E-state index contributed by atoms with van der Waals surface area (Å²) in [4.78, 5) is 23.1. The Balaban J connectivity index is 0.000000375. The molecule has 4 rings (SSSR count). The Morgan fingerprint density at radius 3 is 1.23 bits per heavy atom. The van der Waals surface area contributed by atoms with Gasteiger partial charge in [-0.05, 0) is 52.0 Å². The number of phosphoric ester groups is 2. The summed E-state index contributed by atoms with van der Waals surface area (Å²) in [5.74, 6) is 1.17. The number of fused-ring (bicyclic) bond motifs is 2. The zero-order chi connectivity index (χ0) is 31.0. The molecule has 0 saturated heterocycles. The molecule has 2 N–H and O–H groups in total. The van der Waals surface area contributed by atoms with Crippen molar-refractivity contribution in [3.63, 3.8) is 0 Å². The Bertz CT molecular complexity index is 1290. The van der Waals surface area contributed by atoms with Crippen molar-refractivity contribution in [2.75, 3.05) is 26.4 Å². The van der Waals surface area contributed by atoms with Gasteiger partial charge in [0.25, 0.3) is 0 Å². The number of rotatable bonds is 14. The topological polar surface area (TPSA) is 213 Å². The zero-order valence-electron chi connectivity index (χ0n) is 23.9. The molecule has 16 nitrogen and oxygen atoms in total. The van der Waals surface area contributed by atoms with Crippen molar-refractivity contribution in [2.24, 2.45) is 0 Å². The van der Waals surface area contributed by atoms with Crippen LogP contribution in [0.3, 0.4) is 0 Å². The molecule has 0 saturated carbocycles. The number of hydrogen-bond acceptors (Lipinski definition) is 13. The number of hydrogen-bond donors (Lipinski definition) is 2. The van der Waals surface area contributed by atoms with Gasteiger partial charge in [0.1, 0.15) is 24.9 Å². The fraction of sp³-hybridized carbons (Fsp3) is 0.417. The molecule has 243 valence electrons. The van der Waals surface area contributed by atoms with E-state index in [0.29, 0.717) is 11.6 Å². The third-order valence-corrected chi connectivity index (χ3v) is 7.93. The molecule has 0 atom stereocenters. The summed E-state index contributed by atoms with van der Waals surface area (Å²) in [6, 6.07) is 15.2. The molecule has 1 radical (unpaired) electrons. The van der Waals surface area contributed by atoms with Crippen LogP contribution in [0.25, 0.3) is 22.1 Å². The Morgan fingerprint density at radius 1 is 0.651 bits per heavy atom. The predicted molar refractivity (Wildman–Crippen MR) is 154 cm³/mol. The van der Waals surface area contributed by atoms with E-state index in [1.807, 2.05) is 48.5 Å². The van der Waals surface area contributed by atoms with Crippen LogP contribution >= 0.6 is 15.6 Å². The summed E-state index contributed by atoms with van der Waals surface area (Å²) >= 11 is 0. The van der Waals surface area contributed by atoms with E-state index < -0.39 is 20.7 Å². The molecule has 2 aromatic carbocycles. The first-order chi connectivity index (χ1) is 20.1. The normalized spacial score (nSPS) is 11.3. The van der Waals surface area contributed by atoms with E-state index in [9.17, 15) is 9.13 Å². The minimum atomic E-state index is -3.49. The molecular formula is C24H34AgN5O11P2-. The fourth-order valence-corrected chi connectivity index (χ4v) is 5.56. The molecule has 0 fully saturated rings. The van der Waals surface area contributed by atoms with Crippen LogP contribution in [0.15, 0.2) is 48.5 Å². The van der Waals surface area contributed by atoms with Gasteiger partial charge in [-0.1, -0.05) is 24.3 Å². The number of para-hydroxylation sites is 4. The van der Waals surface area contributed by atoms with Crippen LogP contribution in [0.1, 0.15) is 39.3 Å². The van der Waals surface area contributed by atoms with E-state index in [2.05, 4.69) is 19.9 Å². The van der Waals surface area contributed by atoms with Crippen LogP contribution in [0.4, 0.5) is 0 Å². The third-order valence-electron chi connectivity index (χ3n) is 4.74. The van der Waals surface area contributed by atoms with E-state index in [0.717, 1.165) is 22.1 Å². The summed E-state index contributed by atoms with van der Waals surface area (Å²) in [5, 5.41) is 14.8. The van der Waals surface area contributed by atoms with Gasteiger partial charge < -0.3 is 25.3 Å². The molecule has 19 heteroatoms. The number of H-pyrrole nitrogens is 2. The Morgan fingerprint density at radius 2 is 0.953 bits per heavy atom. The summed E-state index contributed by atoms with van der Waals surface area (Å²) < 4.78 is 54.8. The second kappa shape index (κ2) is 19.7. The van der Waals surface area contributed by atoms with E-state index >= 15 is 0 Å². The number of nitrogens with zero attached hydrogens (tertiary/aromatic N) is 3. The van der Waals surface area contributed by atoms with Crippen LogP contribution in [-0.4, -0.2) is 51.5 Å². The van der Waals surface area contributed by atoms with E-state index in [4.69, 9.17) is 42.5 Å². The minimum absolute atomic E-state index is 0. The average Bonchev–Trinajstić information content (AvgIpc) is 3.55. The predicted octanol–water partition coefficient (Wildman–Crippen LogP) is 6.28. The summed E-state index contributed by atoms with van der Waals surface area (Å²) in [6.07, 6.45) is 0. The quantitative estimate of drug-likeness (QED) is 0.0632. The molecular weight excluding hydrogens is 704 g/mol. The van der Waals surface area contributed by atoms with Gasteiger partial charge in [0.2, 0.25) is 0 Å². The summed E-state index contributed by atoms with van der Waals surface area (Å²) in [6.45, 7) is 8.07. The molecule has 0 spiro atoms. The van der Waals surface area contributed by atoms with Gasteiger partial charge in [0.15, 0.2) is 0 Å². The Kier molecular flexibility index (Phi) is 17.7. The smallest absolute Gasteiger partial charge is 0.356 e. The van der Waals surface area contributed by atoms with E-state index in [1.54, 1.807) is 27.7 Å². The Labute approximate surface area is 263 Å². The first-order valence-electron chi connectivity index (χ1n) is 12.8. The molecule has 0 aliphatic rings. The van der Waals surface area contributed by atoms with Crippen LogP contribution in [-0.2, 0) is 71.9 Å². The van der Waals surface area contributed by atoms with Crippen molar-refractivity contribution >= 4 is 37.7 Å². The SMILES string of the molecule is CCOP(=O)(OCC)OCc1nc2ccccc2[nH]1.CCOP(=O)(OCC)OCc1nc2ccccc2[nH]1.O=[N+]([O-])[O-].[Ag]. The maximum absolute atomic E-state index is 12.1. The molecule has 0 amide bonds. The third kappa shape index (κ3) is 13.8. The number of imidazole rings is 2. The summed E-state index contributed by atoms with van der Waals surface area (Å²) in [5.41, 5.74) is 3.49. The fourth-order valence-electron chi connectivity index (χ4n) is 3.28. The number of nitrogens with one attached hydrogen (secondary N) is 2. The average molecular weight is 738 g/mol. The van der Waals surface area contributed by atoms with Gasteiger partial charge in [-0.15, -0.1) is 0 Å². The van der Waals surface area contributed by atoms with Gasteiger partial charge in [0.05, 0.1) is 53.6 Å². The maximum atomic E-state index is 12.1. The number of aromatic amines is 2. The van der Waals surface area contributed by atoms with Crippen molar-refractivity contribution in [1.82, 2.24) is 19.9 Å². The zero-order valence-corrected chi connectivity index (χ0v) is 27.2.